The standard InChI is InChI=1S/C20H28N8O4/c1-20(2,3)9-27-14-6-12(25-13-8-22-11(7-23-13)16(21)29)26-28(14)19(32)15(18(27)31)17(30)24-10-4-5-10/h7-8,10,12,14,26,31H,4-6,9H2,1-3H3,(H2,21,29)(H,23,25)(H,24,30). The lowest BCUT2D eigenvalue weighted by Crippen LogP contribution is -2.58. The summed E-state index contributed by atoms with van der Waals surface area (Å²) in [6.45, 7) is 6.46. The third-order valence-electron chi connectivity index (χ3n) is 5.34. The molecule has 2 unspecified atom stereocenters. The van der Waals surface area contributed by atoms with Crippen molar-refractivity contribution >= 4 is 23.5 Å². The molecule has 2 aliphatic heterocycles. The lowest BCUT2D eigenvalue weighted by molar-refractivity contribution is -0.142. The number of amides is 3. The Kier molecular flexibility index (Phi) is 5.41. The lowest BCUT2D eigenvalue weighted by Gasteiger charge is -2.42. The van der Waals surface area contributed by atoms with Gasteiger partial charge in [-0.3, -0.25) is 14.4 Å². The number of aliphatic hydroxyl groups excluding tert-OH is 1. The second-order valence-electron chi connectivity index (χ2n) is 9.50. The minimum Gasteiger partial charge on any atom is -0.494 e. The van der Waals surface area contributed by atoms with E-state index in [0.29, 0.717) is 18.8 Å². The fourth-order valence-electron chi connectivity index (χ4n) is 3.76. The van der Waals surface area contributed by atoms with Crippen LogP contribution in [0.5, 0.6) is 0 Å². The summed E-state index contributed by atoms with van der Waals surface area (Å²) in [4.78, 5) is 46.8. The number of fused-ring (bicyclic) bond motifs is 1. The number of hydrogen-bond donors (Lipinski definition) is 5. The molecule has 0 spiro atoms. The second kappa shape index (κ2) is 7.93. The lowest BCUT2D eigenvalue weighted by atomic mass is 9.95. The monoisotopic (exact) mass is 444 g/mol. The van der Waals surface area contributed by atoms with Crippen molar-refractivity contribution < 1.29 is 19.5 Å². The third kappa shape index (κ3) is 4.44. The van der Waals surface area contributed by atoms with Gasteiger partial charge in [-0.25, -0.2) is 20.4 Å². The molecule has 3 aliphatic rings. The fraction of sp³-hybridized carbons (Fsp3) is 0.550. The van der Waals surface area contributed by atoms with Crippen LogP contribution in [0, 0.1) is 5.41 Å². The molecular weight excluding hydrogens is 416 g/mol. The Bertz CT molecular complexity index is 967. The Hall–Kier alpha value is -3.41. The van der Waals surface area contributed by atoms with Crippen LogP contribution in [-0.4, -0.2) is 67.6 Å². The van der Waals surface area contributed by atoms with Crippen molar-refractivity contribution in [3.05, 3.63) is 29.5 Å². The first-order valence-electron chi connectivity index (χ1n) is 10.5. The van der Waals surface area contributed by atoms with Crippen molar-refractivity contribution in [2.75, 3.05) is 11.9 Å². The Labute approximate surface area is 185 Å². The van der Waals surface area contributed by atoms with Crippen LogP contribution in [0.1, 0.15) is 50.5 Å². The number of nitrogens with one attached hydrogen (secondary N) is 3. The largest absolute Gasteiger partial charge is 0.494 e. The van der Waals surface area contributed by atoms with E-state index in [1.807, 2.05) is 20.8 Å². The molecule has 1 aliphatic carbocycles. The van der Waals surface area contributed by atoms with E-state index in [4.69, 9.17) is 5.73 Å². The summed E-state index contributed by atoms with van der Waals surface area (Å²) in [5.41, 5.74) is 7.82. The van der Waals surface area contributed by atoms with Crippen LogP contribution in [0.3, 0.4) is 0 Å². The van der Waals surface area contributed by atoms with E-state index in [9.17, 15) is 19.5 Å². The smallest absolute Gasteiger partial charge is 0.281 e. The van der Waals surface area contributed by atoms with Gasteiger partial charge in [0.2, 0.25) is 5.88 Å². The third-order valence-corrected chi connectivity index (χ3v) is 5.34. The van der Waals surface area contributed by atoms with Crippen LogP contribution in [0.4, 0.5) is 5.82 Å². The van der Waals surface area contributed by atoms with Gasteiger partial charge in [0.25, 0.3) is 17.7 Å². The van der Waals surface area contributed by atoms with Gasteiger partial charge in [0, 0.05) is 19.0 Å². The summed E-state index contributed by atoms with van der Waals surface area (Å²) < 4.78 is 0. The minimum absolute atomic E-state index is 0.0410. The summed E-state index contributed by atoms with van der Waals surface area (Å²) in [5.74, 6) is -1.76. The van der Waals surface area contributed by atoms with Crippen molar-refractivity contribution in [1.29, 1.82) is 0 Å². The summed E-state index contributed by atoms with van der Waals surface area (Å²) >= 11 is 0. The predicted octanol–water partition coefficient (Wildman–Crippen LogP) is -0.214. The van der Waals surface area contributed by atoms with Gasteiger partial charge in [-0.1, -0.05) is 20.8 Å². The average molecular weight is 444 g/mol. The molecule has 2 atom stereocenters. The molecule has 1 aromatic heterocycles. The van der Waals surface area contributed by atoms with Crippen LogP contribution < -0.4 is 21.8 Å². The molecule has 3 heterocycles. The summed E-state index contributed by atoms with van der Waals surface area (Å²) in [6, 6.07) is 0.0484. The van der Waals surface area contributed by atoms with Gasteiger partial charge in [0.05, 0.1) is 18.6 Å². The Morgan fingerprint density at radius 2 is 2.00 bits per heavy atom. The first-order chi connectivity index (χ1) is 15.0. The number of aliphatic hydroxyl groups is 1. The number of nitrogens with two attached hydrogens (primary N) is 1. The highest BCUT2D eigenvalue weighted by molar-refractivity contribution is 6.19. The average Bonchev–Trinajstić information content (AvgIpc) is 3.41. The molecule has 6 N–H and O–H groups in total. The number of nitrogens with zero attached hydrogens (tertiary/aromatic N) is 4. The number of rotatable bonds is 6. The van der Waals surface area contributed by atoms with Crippen molar-refractivity contribution in [3.8, 4) is 0 Å². The van der Waals surface area contributed by atoms with Crippen LogP contribution in [0.2, 0.25) is 0 Å². The molecule has 0 aromatic carbocycles. The highest BCUT2D eigenvalue weighted by Gasteiger charge is 2.49. The van der Waals surface area contributed by atoms with Gasteiger partial charge in [0.15, 0.2) is 5.57 Å². The quantitative estimate of drug-likeness (QED) is 0.373. The van der Waals surface area contributed by atoms with E-state index < -0.39 is 30.1 Å². The van der Waals surface area contributed by atoms with Crippen molar-refractivity contribution in [2.24, 2.45) is 11.1 Å². The van der Waals surface area contributed by atoms with Crippen molar-refractivity contribution in [2.45, 2.75) is 58.4 Å². The molecule has 32 heavy (non-hydrogen) atoms. The summed E-state index contributed by atoms with van der Waals surface area (Å²) in [7, 11) is 0. The molecule has 2 fully saturated rings. The number of anilines is 1. The maximum atomic E-state index is 13.1. The highest BCUT2D eigenvalue weighted by atomic mass is 16.3. The Morgan fingerprint density at radius 3 is 2.56 bits per heavy atom. The molecule has 12 nitrogen and oxygen atoms in total. The van der Waals surface area contributed by atoms with E-state index in [-0.39, 0.29) is 28.6 Å². The van der Waals surface area contributed by atoms with Gasteiger partial charge < -0.3 is 26.4 Å². The van der Waals surface area contributed by atoms with Crippen LogP contribution in [-0.2, 0) is 9.59 Å². The molecule has 1 aromatic rings. The molecule has 0 radical (unpaired) electrons. The zero-order chi connectivity index (χ0) is 23.2. The summed E-state index contributed by atoms with van der Waals surface area (Å²) in [6.07, 6.45) is 3.84. The maximum absolute atomic E-state index is 13.1. The number of primary amides is 1. The highest BCUT2D eigenvalue weighted by Crippen LogP contribution is 2.33. The summed E-state index contributed by atoms with van der Waals surface area (Å²) in [5, 5.41) is 18.2. The van der Waals surface area contributed by atoms with Gasteiger partial charge in [-0.2, -0.15) is 0 Å². The van der Waals surface area contributed by atoms with Crippen LogP contribution in [0.25, 0.3) is 0 Å². The fourth-order valence-corrected chi connectivity index (χ4v) is 3.76. The topological polar surface area (TPSA) is 166 Å². The predicted molar refractivity (Wildman–Crippen MR) is 113 cm³/mol. The number of hydrazine groups is 1. The number of carbonyl (C=O) groups is 3. The van der Waals surface area contributed by atoms with Crippen molar-refractivity contribution in [1.82, 2.24) is 30.6 Å². The normalized spacial score (nSPS) is 23.3. The Morgan fingerprint density at radius 1 is 1.28 bits per heavy atom. The van der Waals surface area contributed by atoms with Crippen LogP contribution in [0.15, 0.2) is 23.8 Å². The molecule has 1 saturated carbocycles. The van der Waals surface area contributed by atoms with Gasteiger partial charge in [-0.05, 0) is 18.3 Å². The van der Waals surface area contributed by atoms with E-state index >= 15 is 0 Å². The zero-order valence-electron chi connectivity index (χ0n) is 18.3. The van der Waals surface area contributed by atoms with Gasteiger partial charge in [-0.15, -0.1) is 0 Å². The minimum atomic E-state index is -0.679. The zero-order valence-corrected chi connectivity index (χ0v) is 18.3. The van der Waals surface area contributed by atoms with Gasteiger partial charge in [0.1, 0.15) is 17.7 Å². The van der Waals surface area contributed by atoms with Gasteiger partial charge >= 0.3 is 0 Å². The Balaban J connectivity index is 1.56. The first-order valence-corrected chi connectivity index (χ1v) is 10.5. The number of aromatic nitrogens is 2. The number of carbonyl (C=O) groups excluding carboxylic acids is 3. The van der Waals surface area contributed by atoms with Crippen molar-refractivity contribution in [3.63, 3.8) is 0 Å². The first kappa shape index (κ1) is 21.8. The molecular formula is C20H28N8O4. The maximum Gasteiger partial charge on any atom is 0.281 e. The van der Waals surface area contributed by atoms with E-state index in [2.05, 4.69) is 26.0 Å². The van der Waals surface area contributed by atoms with E-state index in [0.717, 1.165) is 12.8 Å². The molecule has 3 amide bonds. The molecule has 0 bridgehead atoms. The number of hydrogen-bond acceptors (Lipinski definition) is 9. The van der Waals surface area contributed by atoms with E-state index in [1.165, 1.54) is 17.4 Å². The molecule has 1 saturated heterocycles. The van der Waals surface area contributed by atoms with E-state index in [1.54, 1.807) is 4.90 Å². The second-order valence-corrected chi connectivity index (χ2v) is 9.50. The SMILES string of the molecule is CC(C)(C)CN1C(O)=C(C(=O)NC2CC2)C(=O)N2NC(Nc3cnc(C(N)=O)cn3)CC12. The molecule has 4 rings (SSSR count). The molecule has 12 heteroatoms. The van der Waals surface area contributed by atoms with Crippen LogP contribution >= 0.6 is 0 Å². The molecule has 172 valence electrons.